The van der Waals surface area contributed by atoms with Crippen molar-refractivity contribution >= 4 is 43.5 Å². The molecule has 0 aromatic carbocycles. The summed E-state index contributed by atoms with van der Waals surface area (Å²) in [7, 11) is -4.81. The fraction of sp³-hybridized carbons (Fsp3) is 0.915. The third-order valence-electron chi connectivity index (χ3n) is 11.9. The topological polar surface area (TPSA) is 181 Å². The van der Waals surface area contributed by atoms with E-state index in [0.29, 0.717) is 30.9 Å². The van der Waals surface area contributed by atoms with Crippen molar-refractivity contribution in [1.82, 2.24) is 16.0 Å². The van der Waals surface area contributed by atoms with Crippen molar-refractivity contribution in [3.8, 4) is 0 Å². The molecule has 3 unspecified atom stereocenters. The SMILES string of the molecule is CCCCCCCCCCCCCCCC(=O)OCC(COP(=O)([O-])OCCNC(=O)CCCCC1SC[C@@H]2NC(=O)N[C@H]12)OC(=O)CCCCCCCCCCCCCCC. The first-order chi connectivity index (χ1) is 30.1. The van der Waals surface area contributed by atoms with Crippen molar-refractivity contribution in [2.75, 3.05) is 32.1 Å². The molecule has 5 atom stereocenters. The molecule has 15 heteroatoms. The summed E-state index contributed by atoms with van der Waals surface area (Å²) < 4.78 is 33.6. The van der Waals surface area contributed by atoms with E-state index in [1.54, 1.807) is 0 Å². The number of fused-ring (bicyclic) bond motifs is 1. The molecule has 3 amide bonds. The predicted octanol–water partition coefficient (Wildman–Crippen LogP) is 10.7. The van der Waals surface area contributed by atoms with Gasteiger partial charge in [0.2, 0.25) is 5.91 Å². The first-order valence-corrected chi connectivity index (χ1v) is 27.5. The molecule has 13 nitrogen and oxygen atoms in total. The lowest BCUT2D eigenvalue weighted by Crippen LogP contribution is -2.36. The highest BCUT2D eigenvalue weighted by molar-refractivity contribution is 8.00. The van der Waals surface area contributed by atoms with Crippen molar-refractivity contribution in [2.24, 2.45) is 0 Å². The Bertz CT molecular complexity index is 1230. The lowest BCUT2D eigenvalue weighted by molar-refractivity contribution is -0.228. The minimum Gasteiger partial charge on any atom is -0.756 e. The van der Waals surface area contributed by atoms with Gasteiger partial charge in [-0.05, 0) is 25.7 Å². The Morgan fingerprint density at radius 2 is 1.15 bits per heavy atom. The minimum atomic E-state index is -4.81. The maximum absolute atomic E-state index is 12.8. The monoisotopic (exact) mass is 917 g/mol. The van der Waals surface area contributed by atoms with Gasteiger partial charge < -0.3 is 39.4 Å². The quantitative estimate of drug-likeness (QED) is 0.0229. The van der Waals surface area contributed by atoms with Crippen LogP contribution in [-0.4, -0.2) is 79.4 Å². The smallest absolute Gasteiger partial charge is 0.315 e. The largest absolute Gasteiger partial charge is 0.756 e. The van der Waals surface area contributed by atoms with E-state index >= 15 is 0 Å². The number of unbranched alkanes of at least 4 members (excludes halogenated alkanes) is 25. The number of carbonyl (C=O) groups is 4. The molecule has 3 N–H and O–H groups in total. The Morgan fingerprint density at radius 3 is 1.68 bits per heavy atom. The number of amides is 3. The van der Waals surface area contributed by atoms with Crippen molar-refractivity contribution in [3.05, 3.63) is 0 Å². The summed E-state index contributed by atoms with van der Waals surface area (Å²) in [5, 5.41) is 8.90. The molecular weight excluding hydrogens is 830 g/mol. The van der Waals surface area contributed by atoms with Crippen LogP contribution in [0.2, 0.25) is 0 Å². The van der Waals surface area contributed by atoms with Crippen LogP contribution < -0.4 is 20.8 Å². The van der Waals surface area contributed by atoms with E-state index in [9.17, 15) is 28.6 Å². The Balaban J connectivity index is 1.64. The number of hydrogen-bond donors (Lipinski definition) is 3. The lowest BCUT2D eigenvalue weighted by atomic mass is 10.0. The summed E-state index contributed by atoms with van der Waals surface area (Å²) in [4.78, 5) is 61.8. The molecule has 2 heterocycles. The number of esters is 2. The van der Waals surface area contributed by atoms with Crippen LogP contribution in [0.4, 0.5) is 4.79 Å². The molecule has 0 bridgehead atoms. The average Bonchev–Trinajstić information content (AvgIpc) is 3.81. The first-order valence-electron chi connectivity index (χ1n) is 25.0. The Morgan fingerprint density at radius 1 is 0.661 bits per heavy atom. The molecule has 2 rings (SSSR count). The Kier molecular flexibility index (Phi) is 33.9. The van der Waals surface area contributed by atoms with Gasteiger partial charge in [0.1, 0.15) is 6.61 Å². The van der Waals surface area contributed by atoms with Crippen LogP contribution in [-0.2, 0) is 37.5 Å². The number of urea groups is 1. The van der Waals surface area contributed by atoms with Crippen LogP contribution in [0.25, 0.3) is 0 Å². The van der Waals surface area contributed by atoms with Crippen molar-refractivity contribution in [1.29, 1.82) is 0 Å². The molecule has 2 aliphatic heterocycles. The van der Waals surface area contributed by atoms with E-state index in [1.807, 2.05) is 11.8 Å². The first kappa shape index (κ1) is 56.3. The molecule has 362 valence electrons. The molecule has 0 aliphatic carbocycles. The average molecular weight is 917 g/mol. The van der Waals surface area contributed by atoms with Gasteiger partial charge in [0.15, 0.2) is 6.10 Å². The van der Waals surface area contributed by atoms with Crippen molar-refractivity contribution in [2.45, 2.75) is 243 Å². The molecule has 2 aliphatic rings. The minimum absolute atomic E-state index is 0.0251. The fourth-order valence-corrected chi connectivity index (χ4v) is 10.4. The molecule has 0 spiro atoms. The molecule has 62 heavy (non-hydrogen) atoms. The highest BCUT2D eigenvalue weighted by Gasteiger charge is 2.42. The second-order valence-corrected chi connectivity index (χ2v) is 20.3. The number of hydrogen-bond acceptors (Lipinski definition) is 11. The van der Waals surface area contributed by atoms with Crippen molar-refractivity contribution in [3.63, 3.8) is 0 Å². The summed E-state index contributed by atoms with van der Waals surface area (Å²) in [6.07, 6.45) is 33.1. The summed E-state index contributed by atoms with van der Waals surface area (Å²) in [5.74, 6) is -0.236. The zero-order valence-corrected chi connectivity index (χ0v) is 40.6. The van der Waals surface area contributed by atoms with Gasteiger partial charge in [0.05, 0.1) is 25.3 Å². The number of thioether (sulfide) groups is 1. The van der Waals surface area contributed by atoms with Crippen LogP contribution in [0, 0.1) is 0 Å². The Hall–Kier alpha value is -1.86. The molecule has 0 saturated carbocycles. The van der Waals surface area contributed by atoms with Gasteiger partial charge in [-0.15, -0.1) is 0 Å². The fourth-order valence-electron chi connectivity index (χ4n) is 8.12. The number of phosphoric acid groups is 1. The van der Waals surface area contributed by atoms with Gasteiger partial charge in [-0.2, -0.15) is 11.8 Å². The van der Waals surface area contributed by atoms with Gasteiger partial charge >= 0.3 is 18.0 Å². The molecule has 0 radical (unpaired) electrons. The van der Waals surface area contributed by atoms with Crippen LogP contribution in [0.5, 0.6) is 0 Å². The highest BCUT2D eigenvalue weighted by atomic mass is 32.2. The molecule has 0 aromatic heterocycles. The molecule has 2 saturated heterocycles. The van der Waals surface area contributed by atoms with Gasteiger partial charge in [-0.25, -0.2) is 4.79 Å². The van der Waals surface area contributed by atoms with Gasteiger partial charge in [-0.1, -0.05) is 174 Å². The third kappa shape index (κ3) is 30.3. The van der Waals surface area contributed by atoms with E-state index in [2.05, 4.69) is 29.8 Å². The predicted molar refractivity (Wildman–Crippen MR) is 248 cm³/mol. The highest BCUT2D eigenvalue weighted by Crippen LogP contribution is 2.38. The number of phosphoric ester groups is 1. The summed E-state index contributed by atoms with van der Waals surface area (Å²) in [6, 6.07) is 0.186. The van der Waals surface area contributed by atoms with Crippen LogP contribution in [0.1, 0.15) is 219 Å². The maximum Gasteiger partial charge on any atom is 0.315 e. The zero-order chi connectivity index (χ0) is 44.9. The summed E-state index contributed by atoms with van der Waals surface area (Å²) >= 11 is 1.83. The standard InChI is InChI=1S/C47H88N3O10PS/c1-3-5-7-9-11-13-15-17-19-21-23-25-27-33-44(52)57-37-40(60-45(53)34-28-26-24-22-20-18-16-14-12-10-8-6-4-2)38-59-61(55,56)58-36-35-48-43(51)32-30-29-31-42-46-41(39-62-42)49-47(54)50-46/h40-42,46H,3-39H2,1-2H3,(H,48,51)(H,55,56)(H2,49,50,54)/p-1/t40?,41-,42?,46-/m0/s1. The summed E-state index contributed by atoms with van der Waals surface area (Å²) in [5.41, 5.74) is 0. The third-order valence-corrected chi connectivity index (χ3v) is 14.3. The van der Waals surface area contributed by atoms with Gasteiger partial charge in [0.25, 0.3) is 7.82 Å². The van der Waals surface area contributed by atoms with Crippen LogP contribution >= 0.6 is 19.6 Å². The van der Waals surface area contributed by atoms with Gasteiger partial charge in [-0.3, -0.25) is 18.9 Å². The molecule has 2 fully saturated rings. The number of carbonyl (C=O) groups excluding carboxylic acids is 4. The zero-order valence-electron chi connectivity index (χ0n) is 38.9. The lowest BCUT2D eigenvalue weighted by Gasteiger charge is -2.25. The second-order valence-electron chi connectivity index (χ2n) is 17.6. The van der Waals surface area contributed by atoms with Crippen LogP contribution in [0.15, 0.2) is 0 Å². The van der Waals surface area contributed by atoms with E-state index in [4.69, 9.17) is 18.5 Å². The molecule has 0 aromatic rings. The second kappa shape index (κ2) is 37.4. The van der Waals surface area contributed by atoms with E-state index in [1.165, 1.54) is 116 Å². The van der Waals surface area contributed by atoms with E-state index in [0.717, 1.165) is 57.1 Å². The van der Waals surface area contributed by atoms with Gasteiger partial charge in [0, 0.05) is 36.8 Å². The van der Waals surface area contributed by atoms with E-state index in [-0.39, 0.29) is 56.6 Å². The van der Waals surface area contributed by atoms with Crippen LogP contribution in [0.3, 0.4) is 0 Å². The summed E-state index contributed by atoms with van der Waals surface area (Å²) in [6.45, 7) is 3.27. The number of nitrogens with one attached hydrogen (secondary N) is 3. The molecular formula is C47H87N3O10PS-. The normalized spacial score (nSPS) is 18.4. The Labute approximate surface area is 380 Å². The maximum atomic E-state index is 12.8. The number of ether oxygens (including phenoxy) is 2. The number of rotatable bonds is 43. The van der Waals surface area contributed by atoms with E-state index < -0.39 is 32.5 Å². The van der Waals surface area contributed by atoms with Crippen molar-refractivity contribution < 1.29 is 47.2 Å².